The topological polar surface area (TPSA) is 231 Å². The second-order valence-electron chi connectivity index (χ2n) is 9.01. The van der Waals surface area contributed by atoms with Gasteiger partial charge in [0.1, 0.15) is 18.1 Å². The molecule has 0 spiro atoms. The maximum absolute atomic E-state index is 13.0. The molecule has 5 unspecified atom stereocenters. The zero-order chi connectivity index (χ0) is 27.3. The van der Waals surface area contributed by atoms with Crippen molar-refractivity contribution in [3.8, 4) is 0 Å². The Hall–Kier alpha value is -3.22. The summed E-state index contributed by atoms with van der Waals surface area (Å²) >= 11 is 0. The molecule has 4 amide bonds. The number of rotatable bonds is 17. The Labute approximate surface area is 204 Å². The molecular formula is C22H39N5O8. The van der Waals surface area contributed by atoms with Gasteiger partial charge in [0, 0.05) is 12.8 Å². The van der Waals surface area contributed by atoms with Crippen molar-refractivity contribution in [3.63, 3.8) is 0 Å². The van der Waals surface area contributed by atoms with E-state index < -0.39 is 72.1 Å². The predicted molar refractivity (Wildman–Crippen MR) is 126 cm³/mol. The Morgan fingerprint density at radius 1 is 0.800 bits per heavy atom. The lowest BCUT2D eigenvalue weighted by Crippen LogP contribution is -2.58. The molecule has 13 nitrogen and oxygen atoms in total. The monoisotopic (exact) mass is 501 g/mol. The highest BCUT2D eigenvalue weighted by Gasteiger charge is 2.32. The summed E-state index contributed by atoms with van der Waals surface area (Å²) in [5, 5.41) is 25.7. The van der Waals surface area contributed by atoms with Gasteiger partial charge in [0.25, 0.3) is 0 Å². The van der Waals surface area contributed by atoms with E-state index in [-0.39, 0.29) is 31.6 Å². The van der Waals surface area contributed by atoms with Gasteiger partial charge in [0.2, 0.25) is 23.6 Å². The number of amides is 4. The first-order chi connectivity index (χ1) is 16.2. The van der Waals surface area contributed by atoms with Crippen LogP contribution in [0.5, 0.6) is 0 Å². The second-order valence-corrected chi connectivity index (χ2v) is 9.01. The van der Waals surface area contributed by atoms with Crippen LogP contribution in [0.25, 0.3) is 0 Å². The third-order valence-electron chi connectivity index (χ3n) is 5.43. The lowest BCUT2D eigenvalue weighted by molar-refractivity contribution is -0.143. The lowest BCUT2D eigenvalue weighted by atomic mass is 9.96. The summed E-state index contributed by atoms with van der Waals surface area (Å²) in [6.45, 7) is 7.02. The Balaban J connectivity index is 5.60. The normalized spacial score (nSPS) is 15.3. The minimum atomic E-state index is -1.35. The van der Waals surface area contributed by atoms with Crippen LogP contribution in [0, 0.1) is 11.8 Å². The quantitative estimate of drug-likeness (QED) is 0.130. The largest absolute Gasteiger partial charge is 0.481 e. The molecule has 0 aliphatic rings. The van der Waals surface area contributed by atoms with Gasteiger partial charge in [0.05, 0.1) is 6.04 Å². The van der Waals surface area contributed by atoms with Crippen LogP contribution in [0.2, 0.25) is 0 Å². The van der Waals surface area contributed by atoms with Gasteiger partial charge in [0.15, 0.2) is 0 Å². The minimum absolute atomic E-state index is 0.0217. The Morgan fingerprint density at radius 2 is 1.37 bits per heavy atom. The van der Waals surface area contributed by atoms with Gasteiger partial charge >= 0.3 is 11.9 Å². The van der Waals surface area contributed by atoms with Gasteiger partial charge in [-0.2, -0.15) is 0 Å². The first-order valence-corrected chi connectivity index (χ1v) is 11.6. The first-order valence-electron chi connectivity index (χ1n) is 11.6. The SMILES string of the molecule is CCC(C)C(NC(=O)C(N)CCC(N)=O)C(=O)NC(CCC(=O)O)C(=O)NC(CC(C)C)C(=O)O. The number of carbonyl (C=O) groups excluding carboxylic acids is 4. The van der Waals surface area contributed by atoms with Crippen LogP contribution in [-0.2, 0) is 28.8 Å². The number of carboxylic acids is 2. The number of aliphatic carboxylic acids is 2. The summed E-state index contributed by atoms with van der Waals surface area (Å²) in [5.41, 5.74) is 10.8. The fourth-order valence-electron chi connectivity index (χ4n) is 3.15. The Kier molecular flexibility index (Phi) is 14.2. The third kappa shape index (κ3) is 12.7. The van der Waals surface area contributed by atoms with E-state index in [2.05, 4.69) is 16.0 Å². The first kappa shape index (κ1) is 31.8. The summed E-state index contributed by atoms with van der Waals surface area (Å²) in [6, 6.07) is -4.78. The van der Waals surface area contributed by atoms with Gasteiger partial charge < -0.3 is 37.6 Å². The molecule has 0 saturated carbocycles. The summed E-state index contributed by atoms with van der Waals surface area (Å²) in [6.07, 6.45) is -0.288. The van der Waals surface area contributed by atoms with Gasteiger partial charge in [-0.3, -0.25) is 24.0 Å². The van der Waals surface area contributed by atoms with Crippen molar-refractivity contribution in [2.24, 2.45) is 23.3 Å². The van der Waals surface area contributed by atoms with Crippen molar-refractivity contribution >= 4 is 35.6 Å². The number of nitrogens with one attached hydrogen (secondary N) is 3. The predicted octanol–water partition coefficient (Wildman–Crippen LogP) is -0.925. The number of carboxylic acid groups (broad SMARTS) is 2. The van der Waals surface area contributed by atoms with E-state index in [9.17, 15) is 33.9 Å². The number of hydrogen-bond donors (Lipinski definition) is 7. The van der Waals surface area contributed by atoms with E-state index in [0.29, 0.717) is 6.42 Å². The van der Waals surface area contributed by atoms with Crippen LogP contribution >= 0.6 is 0 Å². The lowest BCUT2D eigenvalue weighted by Gasteiger charge is -2.28. The van der Waals surface area contributed by atoms with Crippen LogP contribution in [0.1, 0.15) is 66.2 Å². The smallest absolute Gasteiger partial charge is 0.326 e. The Morgan fingerprint density at radius 3 is 1.83 bits per heavy atom. The number of primary amides is 1. The number of hydrogen-bond acceptors (Lipinski definition) is 7. The van der Waals surface area contributed by atoms with Crippen molar-refractivity contribution in [3.05, 3.63) is 0 Å². The minimum Gasteiger partial charge on any atom is -0.481 e. The average molecular weight is 502 g/mol. The molecule has 0 saturated heterocycles. The summed E-state index contributed by atoms with van der Waals surface area (Å²) in [4.78, 5) is 71.8. The number of carbonyl (C=O) groups is 6. The molecular weight excluding hydrogens is 462 g/mol. The number of nitrogens with two attached hydrogens (primary N) is 2. The van der Waals surface area contributed by atoms with Crippen molar-refractivity contribution < 1.29 is 39.0 Å². The molecule has 9 N–H and O–H groups in total. The van der Waals surface area contributed by atoms with Gasteiger partial charge in [-0.05, 0) is 31.1 Å². The van der Waals surface area contributed by atoms with Gasteiger partial charge in [-0.15, -0.1) is 0 Å². The Bertz CT molecular complexity index is 773. The molecule has 0 rings (SSSR count). The molecule has 0 fully saturated rings. The van der Waals surface area contributed by atoms with E-state index in [1.54, 1.807) is 27.7 Å². The molecule has 5 atom stereocenters. The fourth-order valence-corrected chi connectivity index (χ4v) is 3.15. The van der Waals surface area contributed by atoms with E-state index in [0.717, 1.165) is 0 Å². The maximum atomic E-state index is 13.0. The van der Waals surface area contributed by atoms with E-state index >= 15 is 0 Å². The standard InChI is InChI=1S/C22H39N5O8/c1-5-12(4)18(27-19(31)13(23)6-8-16(24)28)21(33)25-14(7-9-17(29)30)20(32)26-15(22(34)35)10-11(2)3/h11-15,18H,5-10,23H2,1-4H3,(H2,24,28)(H,25,33)(H,26,32)(H,27,31)(H,29,30)(H,34,35). The highest BCUT2D eigenvalue weighted by Crippen LogP contribution is 2.11. The summed E-state index contributed by atoms with van der Waals surface area (Å²) in [5.74, 6) is -5.83. The average Bonchev–Trinajstić information content (AvgIpc) is 2.76. The van der Waals surface area contributed by atoms with E-state index in [1.165, 1.54) is 0 Å². The molecule has 0 heterocycles. The summed E-state index contributed by atoms with van der Waals surface area (Å²) < 4.78 is 0. The molecule has 0 aliphatic carbocycles. The van der Waals surface area contributed by atoms with Gasteiger partial charge in [-0.25, -0.2) is 4.79 Å². The summed E-state index contributed by atoms with van der Waals surface area (Å²) in [7, 11) is 0. The van der Waals surface area contributed by atoms with Crippen LogP contribution in [-0.4, -0.2) is 69.9 Å². The van der Waals surface area contributed by atoms with Gasteiger partial charge in [-0.1, -0.05) is 34.1 Å². The maximum Gasteiger partial charge on any atom is 0.326 e. The fraction of sp³-hybridized carbons (Fsp3) is 0.727. The zero-order valence-corrected chi connectivity index (χ0v) is 20.7. The molecule has 0 aliphatic heterocycles. The molecule has 0 bridgehead atoms. The molecule has 0 radical (unpaired) electrons. The molecule has 0 aromatic rings. The van der Waals surface area contributed by atoms with E-state index in [1.807, 2.05) is 0 Å². The molecule has 0 aromatic carbocycles. The van der Waals surface area contributed by atoms with Crippen molar-refractivity contribution in [2.45, 2.75) is 90.4 Å². The van der Waals surface area contributed by atoms with Crippen molar-refractivity contribution in [1.82, 2.24) is 16.0 Å². The molecule has 200 valence electrons. The third-order valence-corrected chi connectivity index (χ3v) is 5.43. The van der Waals surface area contributed by atoms with Crippen LogP contribution in [0.15, 0.2) is 0 Å². The van der Waals surface area contributed by atoms with E-state index in [4.69, 9.17) is 16.6 Å². The molecule has 35 heavy (non-hydrogen) atoms. The van der Waals surface area contributed by atoms with Crippen LogP contribution in [0.3, 0.4) is 0 Å². The molecule has 0 aromatic heterocycles. The second kappa shape index (κ2) is 15.6. The highest BCUT2D eigenvalue weighted by molar-refractivity contribution is 5.94. The van der Waals surface area contributed by atoms with Crippen molar-refractivity contribution in [1.29, 1.82) is 0 Å². The molecule has 13 heteroatoms. The van der Waals surface area contributed by atoms with Crippen LogP contribution in [0.4, 0.5) is 0 Å². The zero-order valence-electron chi connectivity index (χ0n) is 20.7. The van der Waals surface area contributed by atoms with Crippen LogP contribution < -0.4 is 27.4 Å². The highest BCUT2D eigenvalue weighted by atomic mass is 16.4. The van der Waals surface area contributed by atoms with Crippen molar-refractivity contribution in [2.75, 3.05) is 0 Å².